The van der Waals surface area contributed by atoms with Crippen molar-refractivity contribution in [3.63, 3.8) is 0 Å². The van der Waals surface area contributed by atoms with Gasteiger partial charge in [0.25, 0.3) is 0 Å². The largest absolute Gasteiger partial charge is 0.491 e. The number of ether oxygens (including phenoxy) is 1. The first-order valence-corrected chi connectivity index (χ1v) is 5.80. The lowest BCUT2D eigenvalue weighted by molar-refractivity contribution is 0.321. The molecule has 0 amide bonds. The predicted octanol–water partition coefficient (Wildman–Crippen LogP) is 2.08. The Kier molecular flexibility index (Phi) is 3.62. The fraction of sp³-hybridized carbons (Fsp3) is 0.308. The molecule has 1 aromatic carbocycles. The second-order valence-electron chi connectivity index (χ2n) is 3.93. The van der Waals surface area contributed by atoms with Crippen molar-refractivity contribution in [2.45, 2.75) is 13.5 Å². The predicted molar refractivity (Wildman–Crippen MR) is 67.7 cm³/mol. The molecule has 2 N–H and O–H groups in total. The van der Waals surface area contributed by atoms with Gasteiger partial charge in [0, 0.05) is 19.2 Å². The Hall–Kier alpha value is -1.88. The van der Waals surface area contributed by atoms with Gasteiger partial charge < -0.3 is 15.0 Å². The second kappa shape index (κ2) is 5.18. The molecule has 2 rings (SSSR count). The first kappa shape index (κ1) is 12.6. The van der Waals surface area contributed by atoms with Crippen molar-refractivity contribution in [2.24, 2.45) is 12.8 Å². The van der Waals surface area contributed by atoms with E-state index in [0.717, 1.165) is 17.0 Å². The van der Waals surface area contributed by atoms with Crippen LogP contribution in [0.4, 0.5) is 4.39 Å². The number of imidazole rings is 1. The zero-order chi connectivity index (χ0) is 13.1. The fourth-order valence-electron chi connectivity index (χ4n) is 1.92. The van der Waals surface area contributed by atoms with Gasteiger partial charge in [-0.2, -0.15) is 0 Å². The molecule has 0 saturated heterocycles. The molecule has 1 aromatic heterocycles. The highest BCUT2D eigenvalue weighted by Crippen LogP contribution is 2.27. The number of rotatable bonds is 4. The maximum atomic E-state index is 13.8. The van der Waals surface area contributed by atoms with Crippen LogP contribution in [0.3, 0.4) is 0 Å². The molecule has 5 heteroatoms. The summed E-state index contributed by atoms with van der Waals surface area (Å²) in [5.41, 5.74) is 7.95. The molecule has 0 aliphatic carbocycles. The molecule has 0 bridgehead atoms. The summed E-state index contributed by atoms with van der Waals surface area (Å²) in [4.78, 5) is 4.18. The van der Waals surface area contributed by atoms with Gasteiger partial charge in [0.2, 0.25) is 0 Å². The van der Waals surface area contributed by atoms with E-state index in [4.69, 9.17) is 10.5 Å². The van der Waals surface area contributed by atoms with Gasteiger partial charge in [-0.1, -0.05) is 0 Å². The molecule has 0 unspecified atom stereocenters. The van der Waals surface area contributed by atoms with Gasteiger partial charge in [-0.25, -0.2) is 9.37 Å². The van der Waals surface area contributed by atoms with Crippen LogP contribution in [-0.4, -0.2) is 16.2 Å². The first-order chi connectivity index (χ1) is 8.67. The quantitative estimate of drug-likeness (QED) is 0.902. The topological polar surface area (TPSA) is 53.1 Å². The summed E-state index contributed by atoms with van der Waals surface area (Å²) in [7, 11) is 1.86. The molecular formula is C13H16FN3O. The Labute approximate surface area is 105 Å². The molecule has 1 heterocycles. The molecule has 0 radical (unpaired) electrons. The number of aryl methyl sites for hydroxylation is 1. The summed E-state index contributed by atoms with van der Waals surface area (Å²) in [5.74, 6) is -0.115. The van der Waals surface area contributed by atoms with E-state index in [1.807, 2.05) is 24.6 Å². The summed E-state index contributed by atoms with van der Waals surface area (Å²) in [5, 5.41) is 0. The van der Waals surface area contributed by atoms with E-state index >= 15 is 0 Å². The van der Waals surface area contributed by atoms with Gasteiger partial charge in [-0.05, 0) is 25.1 Å². The average molecular weight is 249 g/mol. The molecule has 0 aliphatic heterocycles. The van der Waals surface area contributed by atoms with Gasteiger partial charge >= 0.3 is 0 Å². The number of nitrogens with two attached hydrogens (primary N) is 1. The van der Waals surface area contributed by atoms with Crippen molar-refractivity contribution in [2.75, 3.05) is 6.61 Å². The number of hydrogen-bond acceptors (Lipinski definition) is 3. The van der Waals surface area contributed by atoms with Crippen molar-refractivity contribution in [1.29, 1.82) is 0 Å². The minimum absolute atomic E-state index is 0.262. The van der Waals surface area contributed by atoms with E-state index in [1.165, 1.54) is 6.07 Å². The monoisotopic (exact) mass is 249 g/mol. The minimum Gasteiger partial charge on any atom is -0.491 e. The average Bonchev–Trinajstić information content (AvgIpc) is 2.73. The Bertz CT molecular complexity index is 551. The second-order valence-corrected chi connectivity index (χ2v) is 3.93. The van der Waals surface area contributed by atoms with Crippen LogP contribution < -0.4 is 10.5 Å². The Morgan fingerprint density at radius 2 is 2.22 bits per heavy atom. The Morgan fingerprint density at radius 1 is 1.44 bits per heavy atom. The maximum absolute atomic E-state index is 13.8. The third kappa shape index (κ3) is 2.22. The summed E-state index contributed by atoms with van der Waals surface area (Å²) in [6.45, 7) is 2.59. The van der Waals surface area contributed by atoms with Gasteiger partial charge in [-0.15, -0.1) is 0 Å². The zero-order valence-electron chi connectivity index (χ0n) is 10.5. The zero-order valence-corrected chi connectivity index (χ0v) is 10.5. The van der Waals surface area contributed by atoms with Crippen molar-refractivity contribution in [1.82, 2.24) is 9.55 Å². The Balaban J connectivity index is 2.45. The van der Waals surface area contributed by atoms with Crippen LogP contribution in [0.1, 0.15) is 12.6 Å². The van der Waals surface area contributed by atoms with E-state index in [0.29, 0.717) is 13.2 Å². The number of aromatic nitrogens is 2. The van der Waals surface area contributed by atoms with Crippen LogP contribution >= 0.6 is 0 Å². The van der Waals surface area contributed by atoms with Crippen LogP contribution in [0.2, 0.25) is 0 Å². The lowest BCUT2D eigenvalue weighted by Gasteiger charge is -2.08. The Morgan fingerprint density at radius 3 is 2.83 bits per heavy atom. The summed E-state index contributed by atoms with van der Waals surface area (Å²) < 4.78 is 20.8. The van der Waals surface area contributed by atoms with E-state index in [2.05, 4.69) is 4.98 Å². The highest BCUT2D eigenvalue weighted by molar-refractivity contribution is 5.63. The highest BCUT2D eigenvalue weighted by atomic mass is 19.1. The molecule has 96 valence electrons. The lowest BCUT2D eigenvalue weighted by Crippen LogP contribution is -2.01. The van der Waals surface area contributed by atoms with Crippen LogP contribution in [0.5, 0.6) is 5.75 Å². The molecule has 4 nitrogen and oxygen atoms in total. The van der Waals surface area contributed by atoms with Crippen molar-refractivity contribution in [3.05, 3.63) is 36.0 Å². The number of halogens is 1. The van der Waals surface area contributed by atoms with Crippen molar-refractivity contribution >= 4 is 0 Å². The molecule has 0 atom stereocenters. The van der Waals surface area contributed by atoms with Gasteiger partial charge in [-0.3, -0.25) is 0 Å². The summed E-state index contributed by atoms with van der Waals surface area (Å²) >= 11 is 0. The van der Waals surface area contributed by atoms with Gasteiger partial charge in [0.15, 0.2) is 11.6 Å². The summed E-state index contributed by atoms with van der Waals surface area (Å²) in [6.07, 6.45) is 1.67. The molecule has 0 spiro atoms. The highest BCUT2D eigenvalue weighted by Gasteiger charge is 2.12. The molecule has 0 aliphatic rings. The standard InChI is InChI=1S/C13H16FN3O/c1-3-18-12-5-4-9(6-10(12)14)13-11(7-15)16-8-17(13)2/h4-6,8H,3,7,15H2,1-2H3. The number of benzene rings is 1. The van der Waals surface area contributed by atoms with Crippen LogP contribution in [0, 0.1) is 5.82 Å². The molecule has 18 heavy (non-hydrogen) atoms. The molecule has 2 aromatic rings. The third-order valence-corrected chi connectivity index (χ3v) is 2.71. The van der Waals surface area contributed by atoms with E-state index in [9.17, 15) is 4.39 Å². The minimum atomic E-state index is -0.376. The molecule has 0 saturated carbocycles. The molecule has 0 fully saturated rings. The van der Waals surface area contributed by atoms with Gasteiger partial charge in [0.1, 0.15) is 0 Å². The fourth-order valence-corrected chi connectivity index (χ4v) is 1.92. The van der Waals surface area contributed by atoms with Crippen LogP contribution in [0.25, 0.3) is 11.3 Å². The van der Waals surface area contributed by atoms with Crippen molar-refractivity contribution in [3.8, 4) is 17.0 Å². The first-order valence-electron chi connectivity index (χ1n) is 5.80. The SMILES string of the molecule is CCOc1ccc(-c2c(CN)ncn2C)cc1F. The van der Waals surface area contributed by atoms with Gasteiger partial charge in [0.05, 0.1) is 24.3 Å². The normalized spacial score (nSPS) is 10.7. The van der Waals surface area contributed by atoms with E-state index in [1.54, 1.807) is 12.4 Å². The third-order valence-electron chi connectivity index (χ3n) is 2.71. The van der Waals surface area contributed by atoms with Crippen LogP contribution in [0.15, 0.2) is 24.5 Å². The number of hydrogen-bond donors (Lipinski definition) is 1. The molecular weight excluding hydrogens is 233 g/mol. The van der Waals surface area contributed by atoms with E-state index in [-0.39, 0.29) is 11.6 Å². The van der Waals surface area contributed by atoms with E-state index < -0.39 is 0 Å². The number of nitrogens with zero attached hydrogens (tertiary/aromatic N) is 2. The smallest absolute Gasteiger partial charge is 0.165 e. The summed E-state index contributed by atoms with van der Waals surface area (Å²) in [6, 6.07) is 4.88. The van der Waals surface area contributed by atoms with Crippen molar-refractivity contribution < 1.29 is 9.13 Å². The van der Waals surface area contributed by atoms with Crippen LogP contribution in [-0.2, 0) is 13.6 Å². The maximum Gasteiger partial charge on any atom is 0.165 e. The lowest BCUT2D eigenvalue weighted by atomic mass is 10.1.